The summed E-state index contributed by atoms with van der Waals surface area (Å²) in [6.07, 6.45) is 1.44. The van der Waals surface area contributed by atoms with Crippen molar-refractivity contribution >= 4 is 29.7 Å². The summed E-state index contributed by atoms with van der Waals surface area (Å²) >= 11 is 1.49. The molecule has 1 aromatic carbocycles. The van der Waals surface area contributed by atoms with Crippen molar-refractivity contribution < 1.29 is 24.2 Å². The number of hydrogen-bond donors (Lipinski definition) is 3. The van der Waals surface area contributed by atoms with Gasteiger partial charge in [-0.2, -0.15) is 11.8 Å². The molecule has 0 spiro atoms. The number of carbonyl (C=O) groups is 3. The molecule has 0 aliphatic heterocycles. The molecule has 2 amide bonds. The van der Waals surface area contributed by atoms with Crippen molar-refractivity contribution in [1.82, 2.24) is 10.6 Å². The Labute approximate surface area is 138 Å². The number of rotatable bonds is 9. The maximum absolute atomic E-state index is 11.6. The maximum Gasteiger partial charge on any atom is 0.407 e. The monoisotopic (exact) mass is 340 g/mol. The van der Waals surface area contributed by atoms with E-state index in [1.165, 1.54) is 11.8 Å². The van der Waals surface area contributed by atoms with Gasteiger partial charge in [0.2, 0.25) is 5.91 Å². The van der Waals surface area contributed by atoms with Crippen LogP contribution in [0.5, 0.6) is 0 Å². The second-order valence-corrected chi connectivity index (χ2v) is 5.64. The number of alkyl carbamates (subject to hydrolysis) is 1. The van der Waals surface area contributed by atoms with E-state index in [9.17, 15) is 14.4 Å². The van der Waals surface area contributed by atoms with Crippen LogP contribution >= 0.6 is 11.8 Å². The Bertz CT molecular complexity index is 524. The molecule has 0 saturated carbocycles. The van der Waals surface area contributed by atoms with E-state index in [0.29, 0.717) is 12.2 Å². The van der Waals surface area contributed by atoms with Crippen LogP contribution in [0.1, 0.15) is 12.0 Å². The van der Waals surface area contributed by atoms with Gasteiger partial charge in [-0.15, -0.1) is 0 Å². The van der Waals surface area contributed by atoms with E-state index < -0.39 is 24.0 Å². The van der Waals surface area contributed by atoms with E-state index >= 15 is 0 Å². The first kappa shape index (κ1) is 18.8. The van der Waals surface area contributed by atoms with E-state index in [1.54, 1.807) is 0 Å². The van der Waals surface area contributed by atoms with Crippen LogP contribution < -0.4 is 10.6 Å². The summed E-state index contributed by atoms with van der Waals surface area (Å²) in [4.78, 5) is 34.1. The molecule has 3 N–H and O–H groups in total. The predicted octanol–water partition coefficient (Wildman–Crippen LogP) is 1.24. The number of carboxylic acids is 1. The van der Waals surface area contributed by atoms with Gasteiger partial charge in [-0.05, 0) is 24.0 Å². The molecule has 0 bridgehead atoms. The average molecular weight is 340 g/mol. The van der Waals surface area contributed by atoms with Crippen molar-refractivity contribution in [3.63, 3.8) is 0 Å². The molecule has 0 unspecified atom stereocenters. The summed E-state index contributed by atoms with van der Waals surface area (Å²) < 4.78 is 4.95. The van der Waals surface area contributed by atoms with Gasteiger partial charge in [0.25, 0.3) is 0 Å². The fourth-order valence-electron chi connectivity index (χ4n) is 1.67. The van der Waals surface area contributed by atoms with E-state index in [0.717, 1.165) is 5.56 Å². The fourth-order valence-corrected chi connectivity index (χ4v) is 2.14. The lowest BCUT2D eigenvalue weighted by molar-refractivity contribution is -0.141. The Morgan fingerprint density at radius 1 is 1.26 bits per heavy atom. The number of hydrogen-bond acceptors (Lipinski definition) is 5. The minimum atomic E-state index is -1.10. The lowest BCUT2D eigenvalue weighted by atomic mass is 10.2. The molecule has 126 valence electrons. The van der Waals surface area contributed by atoms with Crippen LogP contribution in [-0.4, -0.2) is 47.7 Å². The highest BCUT2D eigenvalue weighted by atomic mass is 32.2. The van der Waals surface area contributed by atoms with Gasteiger partial charge in [0.1, 0.15) is 19.2 Å². The van der Waals surface area contributed by atoms with Gasteiger partial charge in [0.05, 0.1) is 0 Å². The van der Waals surface area contributed by atoms with Crippen LogP contribution in [0, 0.1) is 0 Å². The van der Waals surface area contributed by atoms with Crippen molar-refractivity contribution in [1.29, 1.82) is 0 Å². The van der Waals surface area contributed by atoms with Gasteiger partial charge < -0.3 is 20.5 Å². The summed E-state index contributed by atoms with van der Waals surface area (Å²) in [6, 6.07) is 8.16. The Balaban J connectivity index is 2.28. The highest BCUT2D eigenvalue weighted by Gasteiger charge is 2.19. The Kier molecular flexibility index (Phi) is 8.59. The third kappa shape index (κ3) is 8.10. The van der Waals surface area contributed by atoms with Gasteiger partial charge in [-0.25, -0.2) is 9.59 Å². The second-order valence-electron chi connectivity index (χ2n) is 4.66. The minimum absolute atomic E-state index is 0.0970. The first-order chi connectivity index (χ1) is 11.0. The largest absolute Gasteiger partial charge is 0.480 e. The number of amides is 2. The highest BCUT2D eigenvalue weighted by Crippen LogP contribution is 2.01. The normalized spacial score (nSPS) is 11.3. The number of aliphatic carboxylic acids is 1. The first-order valence-electron chi connectivity index (χ1n) is 6.98. The third-order valence-corrected chi connectivity index (χ3v) is 3.49. The number of ether oxygens (including phenoxy) is 1. The molecule has 1 atom stereocenters. The summed E-state index contributed by atoms with van der Waals surface area (Å²) in [6.45, 7) is -0.240. The lowest BCUT2D eigenvalue weighted by Crippen LogP contribution is -2.45. The third-order valence-electron chi connectivity index (χ3n) is 2.85. The van der Waals surface area contributed by atoms with Crippen LogP contribution in [-0.2, 0) is 20.9 Å². The number of carboxylic acid groups (broad SMARTS) is 1. The van der Waals surface area contributed by atoms with E-state index in [-0.39, 0.29) is 13.2 Å². The molecular formula is C15H20N2O5S. The van der Waals surface area contributed by atoms with Crippen molar-refractivity contribution in [3.05, 3.63) is 35.9 Å². The van der Waals surface area contributed by atoms with Crippen LogP contribution in [0.25, 0.3) is 0 Å². The van der Waals surface area contributed by atoms with E-state index in [1.807, 2.05) is 36.6 Å². The number of benzene rings is 1. The van der Waals surface area contributed by atoms with E-state index in [2.05, 4.69) is 10.6 Å². The maximum atomic E-state index is 11.6. The molecular weight excluding hydrogens is 320 g/mol. The van der Waals surface area contributed by atoms with Crippen LogP contribution in [0.15, 0.2) is 30.3 Å². The van der Waals surface area contributed by atoms with E-state index in [4.69, 9.17) is 9.84 Å². The molecule has 7 nitrogen and oxygen atoms in total. The summed E-state index contributed by atoms with van der Waals surface area (Å²) in [5, 5.41) is 13.6. The Hall–Kier alpha value is -2.22. The van der Waals surface area contributed by atoms with Gasteiger partial charge in [0, 0.05) is 0 Å². The zero-order chi connectivity index (χ0) is 17.1. The first-order valence-corrected chi connectivity index (χ1v) is 8.38. The van der Waals surface area contributed by atoms with Crippen molar-refractivity contribution in [2.24, 2.45) is 0 Å². The summed E-state index contributed by atoms with van der Waals surface area (Å²) in [5.74, 6) is -1.06. The Morgan fingerprint density at radius 2 is 1.96 bits per heavy atom. The fraction of sp³-hybridized carbons (Fsp3) is 0.400. The molecule has 0 aliphatic carbocycles. The van der Waals surface area contributed by atoms with Crippen molar-refractivity contribution in [2.45, 2.75) is 19.1 Å². The van der Waals surface area contributed by atoms with Crippen molar-refractivity contribution in [2.75, 3.05) is 18.6 Å². The zero-order valence-electron chi connectivity index (χ0n) is 12.8. The summed E-state index contributed by atoms with van der Waals surface area (Å²) in [7, 11) is 0. The summed E-state index contributed by atoms with van der Waals surface area (Å²) in [5.41, 5.74) is 0.829. The smallest absolute Gasteiger partial charge is 0.407 e. The quantitative estimate of drug-likeness (QED) is 0.625. The second kappa shape index (κ2) is 10.5. The van der Waals surface area contributed by atoms with Crippen molar-refractivity contribution in [3.8, 4) is 0 Å². The molecule has 1 rings (SSSR count). The molecule has 23 heavy (non-hydrogen) atoms. The lowest BCUT2D eigenvalue weighted by Gasteiger charge is -2.14. The molecule has 0 radical (unpaired) electrons. The van der Waals surface area contributed by atoms with Gasteiger partial charge in [-0.3, -0.25) is 4.79 Å². The molecule has 0 saturated heterocycles. The number of carbonyl (C=O) groups excluding carboxylic acids is 2. The van der Waals surface area contributed by atoms with Crippen LogP contribution in [0.2, 0.25) is 0 Å². The number of thioether (sulfide) groups is 1. The Morgan fingerprint density at radius 3 is 2.57 bits per heavy atom. The van der Waals surface area contributed by atoms with Gasteiger partial charge in [0.15, 0.2) is 0 Å². The molecule has 0 fully saturated rings. The predicted molar refractivity (Wildman–Crippen MR) is 87.2 cm³/mol. The van der Waals surface area contributed by atoms with Gasteiger partial charge in [-0.1, -0.05) is 30.3 Å². The molecule has 0 aliphatic rings. The average Bonchev–Trinajstić information content (AvgIpc) is 2.55. The minimum Gasteiger partial charge on any atom is -0.480 e. The zero-order valence-corrected chi connectivity index (χ0v) is 13.6. The standard InChI is InChI=1S/C15H20N2O5S/c1-23-8-7-12(14(19)20)17-13(18)9-16-15(21)22-10-11-5-3-2-4-6-11/h2-6,12H,7-10H2,1H3,(H,16,21)(H,17,18)(H,19,20)/t12-/m0/s1. The van der Waals surface area contributed by atoms with Crippen LogP contribution in [0.4, 0.5) is 4.79 Å². The molecule has 0 aromatic heterocycles. The highest BCUT2D eigenvalue weighted by molar-refractivity contribution is 7.98. The SMILES string of the molecule is CSCC[C@H](NC(=O)CNC(=O)OCc1ccccc1)C(=O)O. The number of nitrogens with one attached hydrogen (secondary N) is 2. The van der Waals surface area contributed by atoms with Crippen LogP contribution in [0.3, 0.4) is 0 Å². The molecule has 8 heteroatoms. The van der Waals surface area contributed by atoms with Gasteiger partial charge >= 0.3 is 12.1 Å². The topological polar surface area (TPSA) is 105 Å². The molecule has 1 aromatic rings. The molecule has 0 heterocycles.